The molecule has 1 aliphatic carbocycles. The smallest absolute Gasteiger partial charge is 0.226 e. The summed E-state index contributed by atoms with van der Waals surface area (Å²) in [6, 6.07) is 0.144. The van der Waals surface area contributed by atoms with E-state index in [9.17, 15) is 9.59 Å². The monoisotopic (exact) mass is 267 g/mol. The zero-order valence-corrected chi connectivity index (χ0v) is 11.7. The summed E-state index contributed by atoms with van der Waals surface area (Å²) in [5.41, 5.74) is 11.4. The van der Waals surface area contributed by atoms with Crippen LogP contribution in [0.15, 0.2) is 0 Å². The number of nitrogens with two attached hydrogens (primary N) is 2. The summed E-state index contributed by atoms with van der Waals surface area (Å²) < 4.78 is 0. The number of carbonyl (C=O) groups is 2. The minimum absolute atomic E-state index is 0.0601. The molecule has 1 saturated heterocycles. The van der Waals surface area contributed by atoms with E-state index < -0.39 is 0 Å². The number of hydrogen-bond donors (Lipinski definition) is 2. The van der Waals surface area contributed by atoms with Crippen molar-refractivity contribution in [1.29, 1.82) is 0 Å². The summed E-state index contributed by atoms with van der Waals surface area (Å²) in [4.78, 5) is 25.6. The molecule has 2 fully saturated rings. The zero-order chi connectivity index (χ0) is 14.0. The van der Waals surface area contributed by atoms with Gasteiger partial charge < -0.3 is 16.4 Å². The van der Waals surface area contributed by atoms with Crippen molar-refractivity contribution in [3.63, 3.8) is 0 Å². The van der Waals surface area contributed by atoms with E-state index in [1.807, 2.05) is 4.90 Å². The van der Waals surface area contributed by atoms with Crippen molar-refractivity contribution >= 4 is 11.8 Å². The lowest BCUT2D eigenvalue weighted by Crippen LogP contribution is -2.49. The van der Waals surface area contributed by atoms with E-state index in [1.54, 1.807) is 0 Å². The molecule has 0 aromatic rings. The van der Waals surface area contributed by atoms with Crippen LogP contribution in [0.25, 0.3) is 0 Å². The average Bonchev–Trinajstić information content (AvgIpc) is 2.41. The number of likely N-dealkylation sites (tertiary alicyclic amines) is 1. The van der Waals surface area contributed by atoms with Crippen LogP contribution in [-0.4, -0.2) is 35.8 Å². The van der Waals surface area contributed by atoms with Crippen LogP contribution in [0.5, 0.6) is 0 Å². The fraction of sp³-hybridized carbons (Fsp3) is 0.857. The van der Waals surface area contributed by atoms with E-state index in [2.05, 4.69) is 6.92 Å². The number of rotatable bonds is 2. The molecule has 4 N–H and O–H groups in total. The first-order valence-electron chi connectivity index (χ1n) is 7.34. The molecule has 108 valence electrons. The predicted octanol–water partition coefficient (Wildman–Crippen LogP) is 0.474. The molecule has 1 heterocycles. The molecule has 0 radical (unpaired) electrons. The maximum absolute atomic E-state index is 12.5. The quantitative estimate of drug-likeness (QED) is 0.762. The van der Waals surface area contributed by atoms with Crippen LogP contribution in [0.2, 0.25) is 0 Å². The lowest BCUT2D eigenvalue weighted by Gasteiger charge is -2.38. The molecule has 1 aliphatic heterocycles. The Morgan fingerprint density at radius 1 is 1.11 bits per heavy atom. The fourth-order valence-corrected chi connectivity index (χ4v) is 3.36. The van der Waals surface area contributed by atoms with Crippen LogP contribution >= 0.6 is 0 Å². The van der Waals surface area contributed by atoms with Gasteiger partial charge in [-0.2, -0.15) is 0 Å². The highest BCUT2D eigenvalue weighted by atomic mass is 16.2. The standard InChI is InChI=1S/C14H25N3O2/c1-9-11(3-2-4-12(9)15)14(19)17-7-5-10(6-8-17)13(16)18/h9-12H,2-8,15H2,1H3,(H2,16,18). The van der Waals surface area contributed by atoms with Crippen LogP contribution in [0.4, 0.5) is 0 Å². The summed E-state index contributed by atoms with van der Waals surface area (Å²) in [5.74, 6) is 0.254. The average molecular weight is 267 g/mol. The van der Waals surface area contributed by atoms with Gasteiger partial charge in [0.25, 0.3) is 0 Å². The summed E-state index contributed by atoms with van der Waals surface area (Å²) in [5, 5.41) is 0. The van der Waals surface area contributed by atoms with Crippen molar-refractivity contribution in [2.45, 2.75) is 45.1 Å². The number of nitrogens with zero attached hydrogens (tertiary/aromatic N) is 1. The first kappa shape index (κ1) is 14.3. The molecule has 0 aromatic heterocycles. The van der Waals surface area contributed by atoms with Crippen molar-refractivity contribution in [3.05, 3.63) is 0 Å². The Balaban J connectivity index is 1.92. The van der Waals surface area contributed by atoms with E-state index in [0.29, 0.717) is 25.9 Å². The number of carbonyl (C=O) groups excluding carboxylic acids is 2. The third-order valence-corrected chi connectivity index (χ3v) is 4.89. The lowest BCUT2D eigenvalue weighted by molar-refractivity contribution is -0.141. The maximum atomic E-state index is 12.5. The minimum atomic E-state index is -0.236. The van der Waals surface area contributed by atoms with Crippen LogP contribution < -0.4 is 11.5 Å². The largest absolute Gasteiger partial charge is 0.369 e. The highest BCUT2D eigenvalue weighted by molar-refractivity contribution is 5.80. The molecule has 5 nitrogen and oxygen atoms in total. The van der Waals surface area contributed by atoms with Gasteiger partial charge in [-0.05, 0) is 31.6 Å². The number of hydrogen-bond acceptors (Lipinski definition) is 3. The second-order valence-electron chi connectivity index (χ2n) is 6.06. The molecule has 3 unspecified atom stereocenters. The van der Waals surface area contributed by atoms with Gasteiger partial charge in [0.2, 0.25) is 11.8 Å². The maximum Gasteiger partial charge on any atom is 0.226 e. The van der Waals surface area contributed by atoms with Gasteiger partial charge in [0.1, 0.15) is 0 Å². The van der Waals surface area contributed by atoms with Crippen molar-refractivity contribution in [2.24, 2.45) is 29.2 Å². The lowest BCUT2D eigenvalue weighted by atomic mass is 9.76. The first-order chi connectivity index (χ1) is 9.00. The van der Waals surface area contributed by atoms with Crippen LogP contribution in [0.1, 0.15) is 39.0 Å². The molecule has 0 spiro atoms. The van der Waals surface area contributed by atoms with E-state index in [-0.39, 0.29) is 35.6 Å². The van der Waals surface area contributed by atoms with E-state index >= 15 is 0 Å². The van der Waals surface area contributed by atoms with Gasteiger partial charge in [0, 0.05) is 31.0 Å². The fourth-order valence-electron chi connectivity index (χ4n) is 3.36. The molecule has 1 saturated carbocycles. The Labute approximate surface area is 114 Å². The molecule has 2 rings (SSSR count). The van der Waals surface area contributed by atoms with Crippen molar-refractivity contribution in [3.8, 4) is 0 Å². The molecule has 0 aromatic carbocycles. The Kier molecular flexibility index (Phi) is 4.45. The highest BCUT2D eigenvalue weighted by Gasteiger charge is 2.36. The molecular weight excluding hydrogens is 242 g/mol. The van der Waals surface area contributed by atoms with Gasteiger partial charge in [0.05, 0.1) is 0 Å². The predicted molar refractivity (Wildman–Crippen MR) is 73.0 cm³/mol. The molecule has 2 amide bonds. The zero-order valence-electron chi connectivity index (χ0n) is 11.7. The van der Waals surface area contributed by atoms with Crippen LogP contribution in [0, 0.1) is 17.8 Å². The summed E-state index contributed by atoms with van der Waals surface area (Å²) in [6.07, 6.45) is 4.42. The van der Waals surface area contributed by atoms with Gasteiger partial charge in [0.15, 0.2) is 0 Å². The van der Waals surface area contributed by atoms with Gasteiger partial charge in [-0.15, -0.1) is 0 Å². The minimum Gasteiger partial charge on any atom is -0.369 e. The summed E-state index contributed by atoms with van der Waals surface area (Å²) in [6.45, 7) is 3.40. The highest BCUT2D eigenvalue weighted by Crippen LogP contribution is 2.31. The van der Waals surface area contributed by atoms with Crippen molar-refractivity contribution in [2.75, 3.05) is 13.1 Å². The third kappa shape index (κ3) is 3.08. The van der Waals surface area contributed by atoms with E-state index in [4.69, 9.17) is 11.5 Å². The van der Waals surface area contributed by atoms with Crippen LogP contribution in [0.3, 0.4) is 0 Å². The number of amides is 2. The molecule has 5 heteroatoms. The Bertz CT molecular complexity index is 351. The Hall–Kier alpha value is -1.10. The molecular formula is C14H25N3O2. The van der Waals surface area contributed by atoms with E-state index in [1.165, 1.54) is 0 Å². The summed E-state index contributed by atoms with van der Waals surface area (Å²) >= 11 is 0. The normalized spacial score (nSPS) is 33.2. The van der Waals surface area contributed by atoms with E-state index in [0.717, 1.165) is 19.3 Å². The number of primary amides is 1. The van der Waals surface area contributed by atoms with Gasteiger partial charge in [-0.3, -0.25) is 9.59 Å². The molecule has 2 aliphatic rings. The molecule has 3 atom stereocenters. The SMILES string of the molecule is CC1C(N)CCCC1C(=O)N1CCC(C(N)=O)CC1. The first-order valence-corrected chi connectivity index (χ1v) is 7.34. The molecule has 19 heavy (non-hydrogen) atoms. The topological polar surface area (TPSA) is 89.4 Å². The van der Waals surface area contributed by atoms with Gasteiger partial charge in [-0.1, -0.05) is 13.3 Å². The van der Waals surface area contributed by atoms with Gasteiger partial charge in [-0.25, -0.2) is 0 Å². The second-order valence-corrected chi connectivity index (χ2v) is 6.06. The second kappa shape index (κ2) is 5.90. The van der Waals surface area contributed by atoms with Gasteiger partial charge >= 0.3 is 0 Å². The van der Waals surface area contributed by atoms with Crippen molar-refractivity contribution < 1.29 is 9.59 Å². The number of piperidine rings is 1. The molecule has 0 bridgehead atoms. The van der Waals surface area contributed by atoms with Crippen LogP contribution in [-0.2, 0) is 9.59 Å². The van der Waals surface area contributed by atoms with Crippen molar-refractivity contribution in [1.82, 2.24) is 4.90 Å². The Morgan fingerprint density at radius 3 is 2.32 bits per heavy atom. The third-order valence-electron chi connectivity index (χ3n) is 4.89. The Morgan fingerprint density at radius 2 is 1.74 bits per heavy atom. The summed E-state index contributed by atoms with van der Waals surface area (Å²) in [7, 11) is 0.